The molecule has 1 fully saturated rings. The van der Waals surface area contributed by atoms with Gasteiger partial charge in [0, 0.05) is 24.0 Å². The Morgan fingerprint density at radius 2 is 1.36 bits per heavy atom. The highest BCUT2D eigenvalue weighted by atomic mass is 16.7. The minimum absolute atomic E-state index is 0.0767. The fourth-order valence-corrected chi connectivity index (χ4v) is 5.32. The third-order valence-corrected chi connectivity index (χ3v) is 8.06. The van der Waals surface area contributed by atoms with Crippen LogP contribution < -0.4 is 26.9 Å². The summed E-state index contributed by atoms with van der Waals surface area (Å²) in [5.74, 6) is -4.78. The van der Waals surface area contributed by atoms with E-state index in [0.717, 1.165) is 0 Å². The topological polar surface area (TPSA) is 230 Å². The number of carbonyl (C=O) groups excluding carboxylic acids is 6. The van der Waals surface area contributed by atoms with Crippen molar-refractivity contribution in [1.82, 2.24) is 21.0 Å². The van der Waals surface area contributed by atoms with Crippen LogP contribution in [0.25, 0.3) is 0 Å². The number of nitrogens with zero attached hydrogens (tertiary/aromatic N) is 1. The fraction of sp³-hybridized carbons (Fsp3) is 0.379. The summed E-state index contributed by atoms with van der Waals surface area (Å²) in [6, 6.07) is 5.19. The number of aliphatic hydroxyl groups is 1. The van der Waals surface area contributed by atoms with Gasteiger partial charge in [-0.1, -0.05) is 12.1 Å². The number of carbonyl (C=O) groups is 6. The highest BCUT2D eigenvalue weighted by Gasteiger charge is 2.36. The molecular formula is C29H32B2N4O12. The maximum atomic E-state index is 13.7. The predicted octanol–water partition coefficient (Wildman–Crippen LogP) is -3.10. The molecule has 18 heteroatoms. The van der Waals surface area contributed by atoms with Crippen LogP contribution in [0.5, 0.6) is 0 Å². The molecule has 3 heterocycles. The van der Waals surface area contributed by atoms with E-state index in [-0.39, 0.29) is 37.2 Å². The number of imide groups is 1. The first-order chi connectivity index (χ1) is 22.3. The zero-order chi connectivity index (χ0) is 34.0. The zero-order valence-corrected chi connectivity index (χ0v) is 25.4. The highest BCUT2D eigenvalue weighted by Crippen LogP contribution is 2.16. The number of aliphatic hydroxyl groups excluding tert-OH is 1. The monoisotopic (exact) mass is 650 g/mol. The third kappa shape index (κ3) is 7.52. The summed E-state index contributed by atoms with van der Waals surface area (Å²) in [4.78, 5) is 81.4. The van der Waals surface area contributed by atoms with Crippen molar-refractivity contribution in [1.29, 1.82) is 0 Å². The van der Waals surface area contributed by atoms with Gasteiger partial charge in [-0.2, -0.15) is 0 Å². The molecule has 3 aliphatic heterocycles. The Morgan fingerprint density at radius 1 is 0.851 bits per heavy atom. The predicted molar refractivity (Wildman–Crippen MR) is 161 cm³/mol. The highest BCUT2D eigenvalue weighted by molar-refractivity contribution is 6.62. The average molecular weight is 650 g/mol. The number of amides is 5. The lowest BCUT2D eigenvalue weighted by Gasteiger charge is -2.29. The van der Waals surface area contributed by atoms with Crippen molar-refractivity contribution in [2.24, 2.45) is 0 Å². The van der Waals surface area contributed by atoms with Gasteiger partial charge in [0.15, 0.2) is 0 Å². The quantitative estimate of drug-likeness (QED) is 0.105. The van der Waals surface area contributed by atoms with E-state index in [2.05, 4.69) is 16.0 Å². The molecule has 0 spiro atoms. The summed E-state index contributed by atoms with van der Waals surface area (Å²) in [5.41, 5.74) is 2.40. The minimum Gasteiger partial charge on any atom is -0.423 e. The van der Waals surface area contributed by atoms with Crippen molar-refractivity contribution in [2.45, 2.75) is 70.6 Å². The summed E-state index contributed by atoms with van der Waals surface area (Å²) in [5, 5.41) is 38.5. The van der Waals surface area contributed by atoms with Crippen molar-refractivity contribution in [3.63, 3.8) is 0 Å². The second-order valence-corrected chi connectivity index (χ2v) is 11.5. The first kappa shape index (κ1) is 33.7. The molecular weight excluding hydrogens is 618 g/mol. The summed E-state index contributed by atoms with van der Waals surface area (Å²) < 4.78 is 10.3. The summed E-state index contributed by atoms with van der Waals surface area (Å²) in [7, 11) is -2.43. The van der Waals surface area contributed by atoms with E-state index >= 15 is 0 Å². The standard InChI is InChI=1S/C29H32B2N4O12/c1-14(32-27(40)16-3-5-18-12-45-30(43)20(18)9-16)26(34-28(41)17-4-6-19-13-46-31(44)21(19)10-17)29(42)33-22(15(2)36)11-25(39)47-35-23(37)7-8-24(35)38/h3-6,9-10,14-15,22,26,36,43-44H,7-8,11-13H2,1-2H3,(H,32,40)(H,33,42)(H,34,41)/t14-,15?,22-,26-/m0/s1. The summed E-state index contributed by atoms with van der Waals surface area (Å²) in [6.07, 6.45) is -2.23. The van der Waals surface area contributed by atoms with Gasteiger partial charge in [-0.25, -0.2) is 4.79 Å². The van der Waals surface area contributed by atoms with Crippen LogP contribution in [0.3, 0.4) is 0 Å². The molecule has 1 saturated heterocycles. The lowest BCUT2D eigenvalue weighted by atomic mass is 9.78. The second kappa shape index (κ2) is 14.0. The van der Waals surface area contributed by atoms with Crippen LogP contribution in [0.15, 0.2) is 36.4 Å². The zero-order valence-electron chi connectivity index (χ0n) is 25.4. The Bertz CT molecular complexity index is 1610. The van der Waals surface area contributed by atoms with E-state index in [1.54, 1.807) is 12.1 Å². The van der Waals surface area contributed by atoms with E-state index in [9.17, 15) is 43.9 Å². The van der Waals surface area contributed by atoms with Crippen LogP contribution in [0.2, 0.25) is 0 Å². The van der Waals surface area contributed by atoms with Crippen LogP contribution in [0, 0.1) is 0 Å². The van der Waals surface area contributed by atoms with Crippen LogP contribution in [0.1, 0.15) is 65.0 Å². The number of benzene rings is 2. The van der Waals surface area contributed by atoms with Gasteiger partial charge >= 0.3 is 20.2 Å². The lowest BCUT2D eigenvalue weighted by Crippen LogP contribution is -2.60. The Hall–Kier alpha value is -4.61. The Kier molecular flexibility index (Phi) is 10.1. The molecule has 0 bridgehead atoms. The molecule has 5 amide bonds. The van der Waals surface area contributed by atoms with E-state index in [4.69, 9.17) is 14.1 Å². The molecule has 0 aromatic heterocycles. The van der Waals surface area contributed by atoms with Gasteiger partial charge < -0.3 is 45.3 Å². The number of hydrogen-bond donors (Lipinski definition) is 6. The molecule has 0 radical (unpaired) electrons. The second-order valence-electron chi connectivity index (χ2n) is 11.5. The van der Waals surface area contributed by atoms with Crippen LogP contribution in [0.4, 0.5) is 0 Å². The largest absolute Gasteiger partial charge is 0.491 e. The van der Waals surface area contributed by atoms with Gasteiger partial charge in [-0.3, -0.25) is 24.0 Å². The fourth-order valence-electron chi connectivity index (χ4n) is 5.32. The number of nitrogens with one attached hydrogen (secondary N) is 3. The Morgan fingerprint density at radius 3 is 1.87 bits per heavy atom. The maximum absolute atomic E-state index is 13.7. The molecule has 2 aromatic carbocycles. The number of hydroxylamine groups is 2. The van der Waals surface area contributed by atoms with E-state index in [0.29, 0.717) is 27.1 Å². The molecule has 4 atom stereocenters. The molecule has 3 aliphatic rings. The van der Waals surface area contributed by atoms with Crippen LogP contribution in [-0.2, 0) is 46.5 Å². The first-order valence-electron chi connectivity index (χ1n) is 14.8. The average Bonchev–Trinajstić information content (AvgIpc) is 3.70. The first-order valence-corrected chi connectivity index (χ1v) is 14.8. The molecule has 0 aliphatic carbocycles. The molecule has 0 saturated carbocycles. The Labute approximate surface area is 269 Å². The summed E-state index contributed by atoms with van der Waals surface area (Å²) in [6.45, 7) is 3.07. The number of hydrogen-bond acceptors (Lipinski definition) is 12. The minimum atomic E-state index is -1.48. The molecule has 246 valence electrons. The normalized spacial score (nSPS) is 17.9. The molecule has 5 rings (SSSR count). The van der Waals surface area contributed by atoms with Crippen molar-refractivity contribution in [2.75, 3.05) is 0 Å². The van der Waals surface area contributed by atoms with Crippen molar-refractivity contribution in [3.05, 3.63) is 58.7 Å². The molecule has 16 nitrogen and oxygen atoms in total. The molecule has 1 unspecified atom stereocenters. The maximum Gasteiger partial charge on any atom is 0.491 e. The number of fused-ring (bicyclic) bond motifs is 2. The van der Waals surface area contributed by atoms with E-state index in [1.165, 1.54) is 38.1 Å². The summed E-state index contributed by atoms with van der Waals surface area (Å²) >= 11 is 0. The smallest absolute Gasteiger partial charge is 0.423 e. The Balaban J connectivity index is 1.33. The SMILES string of the molecule is CC(O)[C@H](CC(=O)ON1C(=O)CCC1=O)NC(=O)[C@@H](NC(=O)c1ccc2c(c1)B(O)OC2)[C@H](C)NC(=O)c1ccc2c(c1)B(O)OC2. The van der Waals surface area contributed by atoms with Crippen molar-refractivity contribution in [3.8, 4) is 0 Å². The van der Waals surface area contributed by atoms with Gasteiger partial charge in [-0.15, -0.1) is 5.06 Å². The van der Waals surface area contributed by atoms with Gasteiger partial charge in [-0.05, 0) is 60.2 Å². The molecule has 6 N–H and O–H groups in total. The van der Waals surface area contributed by atoms with Gasteiger partial charge in [0.2, 0.25) is 5.91 Å². The van der Waals surface area contributed by atoms with E-state index < -0.39 is 80.4 Å². The lowest BCUT2D eigenvalue weighted by molar-refractivity contribution is -0.198. The van der Waals surface area contributed by atoms with Gasteiger partial charge in [0.25, 0.3) is 23.6 Å². The van der Waals surface area contributed by atoms with E-state index in [1.807, 2.05) is 0 Å². The molecule has 2 aromatic rings. The third-order valence-electron chi connectivity index (χ3n) is 8.06. The molecule has 47 heavy (non-hydrogen) atoms. The van der Waals surface area contributed by atoms with Crippen LogP contribution in [-0.4, -0.2) is 94.2 Å². The van der Waals surface area contributed by atoms with Crippen LogP contribution >= 0.6 is 0 Å². The van der Waals surface area contributed by atoms with Crippen molar-refractivity contribution < 1.29 is 58.1 Å². The van der Waals surface area contributed by atoms with Gasteiger partial charge in [0.05, 0.1) is 37.8 Å². The van der Waals surface area contributed by atoms with Gasteiger partial charge in [0.1, 0.15) is 6.04 Å². The van der Waals surface area contributed by atoms with Crippen molar-refractivity contribution >= 4 is 60.7 Å². The number of rotatable bonds is 11.